The topological polar surface area (TPSA) is 87.0 Å². The normalized spacial score (nSPS) is 21.8. The minimum absolute atomic E-state index is 0.0835. The molecule has 1 aliphatic heterocycles. The zero-order valence-corrected chi connectivity index (χ0v) is 24.9. The summed E-state index contributed by atoms with van der Waals surface area (Å²) in [7, 11) is 0. The van der Waals surface area contributed by atoms with E-state index in [4.69, 9.17) is 51.1 Å². The van der Waals surface area contributed by atoms with Crippen LogP contribution in [0.15, 0.2) is 35.8 Å². The molecular weight excluding hydrogens is 782 g/mol. The molecule has 3 atom stereocenters. The minimum Gasteiger partial charge on any atom is -0.506 e. The lowest BCUT2D eigenvalue weighted by Gasteiger charge is -2.42. The Bertz CT molecular complexity index is 1310. The van der Waals surface area contributed by atoms with Crippen LogP contribution in [-0.4, -0.2) is 27.4 Å². The van der Waals surface area contributed by atoms with E-state index in [2.05, 4.69) is 63.7 Å². The molecule has 0 saturated carbocycles. The van der Waals surface area contributed by atoms with E-state index in [0.717, 1.165) is 0 Å². The quantitative estimate of drug-likeness (QED) is 0.209. The lowest BCUT2D eigenvalue weighted by atomic mass is 9.73. The number of aromatic carboxylic acids is 1. The predicted molar refractivity (Wildman–Crippen MR) is 142 cm³/mol. The number of carboxylic acids is 1. The van der Waals surface area contributed by atoms with Gasteiger partial charge in [-0.3, -0.25) is 0 Å². The van der Waals surface area contributed by atoms with E-state index >= 15 is 0 Å². The second-order valence-electron chi connectivity index (χ2n) is 7.09. The van der Waals surface area contributed by atoms with Gasteiger partial charge in [0.1, 0.15) is 27.8 Å². The molecule has 1 aliphatic carbocycles. The number of halogens is 8. The Labute approximate surface area is 240 Å². The number of hydrogen-bond donors (Lipinski definition) is 3. The number of benzene rings is 2. The van der Waals surface area contributed by atoms with Crippen LogP contribution in [0.3, 0.4) is 0 Å². The highest BCUT2D eigenvalue weighted by molar-refractivity contribution is 9.12. The summed E-state index contributed by atoms with van der Waals surface area (Å²) in [6, 6.07) is 1.60. The predicted octanol–water partition coefficient (Wildman–Crippen LogP) is 9.19. The highest BCUT2D eigenvalue weighted by atomic mass is 79.9. The molecule has 2 aromatic rings. The molecule has 5 nitrogen and oxygen atoms in total. The highest BCUT2D eigenvalue weighted by Gasteiger charge is 2.47. The Balaban J connectivity index is 2.16. The number of aromatic hydroxyl groups is 1. The van der Waals surface area contributed by atoms with E-state index in [-0.39, 0.29) is 52.9 Å². The average Bonchev–Trinajstić information content (AvgIpc) is 2.76. The van der Waals surface area contributed by atoms with Crippen molar-refractivity contribution in [2.45, 2.75) is 12.0 Å². The number of phenols is 1. The number of rotatable bonds is 2. The molecule has 0 saturated heterocycles. The SMILES string of the molecule is O=C(O)c1c(Cl)c(Cl)c(Cl)c(Cl)c1C1c2cc(Br)c(O)c(Br)c2OC2C(Br)=C(O)C(Br)=CC21. The molecule has 0 radical (unpaired) electrons. The zero-order valence-electron chi connectivity index (χ0n) is 15.6. The Morgan fingerprint density at radius 2 is 1.58 bits per heavy atom. The molecule has 3 unspecified atom stereocenters. The molecule has 0 fully saturated rings. The molecule has 174 valence electrons. The number of carbonyl (C=O) groups is 1. The van der Waals surface area contributed by atoms with E-state index in [1.54, 1.807) is 12.1 Å². The molecule has 4 rings (SSSR count). The minimum atomic E-state index is -1.35. The molecule has 0 bridgehead atoms. The Morgan fingerprint density at radius 1 is 0.970 bits per heavy atom. The van der Waals surface area contributed by atoms with Gasteiger partial charge in [-0.15, -0.1) is 0 Å². The van der Waals surface area contributed by atoms with Crippen molar-refractivity contribution in [1.29, 1.82) is 0 Å². The monoisotopic (exact) mass is 784 g/mol. The fourth-order valence-corrected chi connectivity index (χ4v) is 7.66. The van der Waals surface area contributed by atoms with Crippen molar-refractivity contribution in [2.24, 2.45) is 5.92 Å². The maximum atomic E-state index is 12.3. The first-order valence-corrected chi connectivity index (χ1v) is 13.5. The Morgan fingerprint density at radius 3 is 2.18 bits per heavy atom. The Hall–Kier alpha value is -0.130. The second-order valence-corrected chi connectivity index (χ2v) is 12.0. The number of hydrogen-bond acceptors (Lipinski definition) is 4. The molecule has 0 amide bonds. The summed E-state index contributed by atoms with van der Waals surface area (Å²) in [5, 5.41) is 30.3. The fourth-order valence-electron chi connectivity index (χ4n) is 3.95. The summed E-state index contributed by atoms with van der Waals surface area (Å²) < 4.78 is 7.40. The fraction of sp³-hybridized carbons (Fsp3) is 0.150. The average molecular weight is 790 g/mol. The third-order valence-electron chi connectivity index (χ3n) is 5.36. The molecule has 0 spiro atoms. The maximum Gasteiger partial charge on any atom is 0.337 e. The van der Waals surface area contributed by atoms with Gasteiger partial charge in [0.2, 0.25) is 0 Å². The van der Waals surface area contributed by atoms with Crippen LogP contribution in [0.5, 0.6) is 11.5 Å². The maximum absolute atomic E-state index is 12.3. The van der Waals surface area contributed by atoms with Crippen LogP contribution in [0.2, 0.25) is 20.1 Å². The van der Waals surface area contributed by atoms with Gasteiger partial charge < -0.3 is 20.1 Å². The molecule has 13 heteroatoms. The van der Waals surface area contributed by atoms with Gasteiger partial charge in [0, 0.05) is 17.4 Å². The van der Waals surface area contributed by atoms with E-state index in [1.807, 2.05) is 0 Å². The number of ether oxygens (including phenoxy) is 1. The second kappa shape index (κ2) is 9.39. The van der Waals surface area contributed by atoms with Gasteiger partial charge in [-0.05, 0) is 75.3 Å². The van der Waals surface area contributed by atoms with E-state index in [9.17, 15) is 20.1 Å². The van der Waals surface area contributed by atoms with Crippen LogP contribution in [0.1, 0.15) is 27.4 Å². The van der Waals surface area contributed by atoms with E-state index in [1.165, 1.54) is 0 Å². The summed E-state index contributed by atoms with van der Waals surface area (Å²) in [4.78, 5) is 12.3. The zero-order chi connectivity index (χ0) is 24.5. The lowest BCUT2D eigenvalue weighted by molar-refractivity contribution is 0.0693. The molecule has 3 N–H and O–H groups in total. The van der Waals surface area contributed by atoms with Crippen LogP contribution in [0.4, 0.5) is 0 Å². The van der Waals surface area contributed by atoms with Crippen molar-refractivity contribution in [2.75, 3.05) is 0 Å². The molecule has 33 heavy (non-hydrogen) atoms. The summed E-state index contributed by atoms with van der Waals surface area (Å²) >= 11 is 38.8. The number of allylic oxidation sites excluding steroid dienone is 1. The first-order chi connectivity index (χ1) is 15.4. The number of carboxylic acid groups (broad SMARTS) is 1. The first kappa shape index (κ1) is 25.9. The first-order valence-electron chi connectivity index (χ1n) is 8.81. The summed E-state index contributed by atoms with van der Waals surface area (Å²) in [5.41, 5.74) is 0.295. The lowest BCUT2D eigenvalue weighted by Crippen LogP contribution is -2.39. The molecule has 2 aromatic carbocycles. The van der Waals surface area contributed by atoms with Gasteiger partial charge in [-0.25, -0.2) is 4.79 Å². The number of fused-ring (bicyclic) bond motifs is 2. The smallest absolute Gasteiger partial charge is 0.337 e. The third kappa shape index (κ3) is 4.04. The summed E-state index contributed by atoms with van der Waals surface area (Å²) in [6.07, 6.45) is 0.886. The van der Waals surface area contributed by atoms with Crippen molar-refractivity contribution in [1.82, 2.24) is 0 Å². The van der Waals surface area contributed by atoms with Gasteiger partial charge in [-0.1, -0.05) is 52.5 Å². The van der Waals surface area contributed by atoms with Gasteiger partial charge in [0.15, 0.2) is 0 Å². The Kier molecular flexibility index (Phi) is 7.38. The largest absolute Gasteiger partial charge is 0.506 e. The summed E-state index contributed by atoms with van der Waals surface area (Å²) in [6.45, 7) is 0. The van der Waals surface area contributed by atoms with Crippen LogP contribution in [0.25, 0.3) is 0 Å². The molecule has 2 aliphatic rings. The van der Waals surface area contributed by atoms with Gasteiger partial charge in [0.05, 0.1) is 39.1 Å². The highest BCUT2D eigenvalue weighted by Crippen LogP contribution is 2.58. The van der Waals surface area contributed by atoms with Crippen LogP contribution < -0.4 is 4.74 Å². The molecular formula is C20H8Br4Cl4O5. The van der Waals surface area contributed by atoms with Crippen molar-refractivity contribution < 1.29 is 24.9 Å². The van der Waals surface area contributed by atoms with E-state index < -0.39 is 23.9 Å². The third-order valence-corrected chi connectivity index (χ3v) is 9.99. The van der Waals surface area contributed by atoms with Crippen molar-refractivity contribution in [3.05, 3.63) is 72.6 Å². The van der Waals surface area contributed by atoms with Crippen LogP contribution >= 0.6 is 110 Å². The van der Waals surface area contributed by atoms with Crippen LogP contribution in [-0.2, 0) is 0 Å². The van der Waals surface area contributed by atoms with Crippen molar-refractivity contribution in [3.8, 4) is 11.5 Å². The van der Waals surface area contributed by atoms with Gasteiger partial charge >= 0.3 is 5.97 Å². The number of aliphatic hydroxyl groups excluding tert-OH is 1. The number of aliphatic hydroxyl groups is 1. The van der Waals surface area contributed by atoms with Crippen LogP contribution in [0, 0.1) is 5.92 Å². The van der Waals surface area contributed by atoms with Gasteiger partial charge in [-0.2, -0.15) is 0 Å². The molecule has 1 heterocycles. The van der Waals surface area contributed by atoms with E-state index in [0.29, 0.717) is 19.0 Å². The standard InChI is InChI=1S/C20H8Br4Cl4O5/c21-5-1-3-7(8-9(20(31)32)13(26)15(28)14(27)12(8)25)4-2-6(22)17(30)11(24)19(4)33-18(3)10(23)16(5)29/h1-3,7,18,29-30H,(H,31,32). The molecule has 0 aromatic heterocycles. The summed E-state index contributed by atoms with van der Waals surface area (Å²) in [5.74, 6) is -2.71. The van der Waals surface area contributed by atoms with Crippen molar-refractivity contribution >= 4 is 116 Å². The van der Waals surface area contributed by atoms with Gasteiger partial charge in [0.25, 0.3) is 0 Å². The number of phenolic OH excluding ortho intramolecular Hbond substituents is 1. The van der Waals surface area contributed by atoms with Crippen molar-refractivity contribution in [3.63, 3.8) is 0 Å².